The summed E-state index contributed by atoms with van der Waals surface area (Å²) in [6.45, 7) is 3.06. The minimum Gasteiger partial charge on any atom is -0.493 e. The molecule has 2 amide bonds. The van der Waals surface area contributed by atoms with Crippen LogP contribution in [0.2, 0.25) is 0 Å². The van der Waals surface area contributed by atoms with E-state index in [1.165, 1.54) is 5.56 Å². The third-order valence-corrected chi connectivity index (χ3v) is 5.03. The Morgan fingerprint density at radius 1 is 1.14 bits per heavy atom. The molecule has 6 nitrogen and oxygen atoms in total. The van der Waals surface area contributed by atoms with Gasteiger partial charge in [-0.05, 0) is 49.3 Å². The molecular formula is C22H27N3O3. The van der Waals surface area contributed by atoms with Gasteiger partial charge in [0.1, 0.15) is 5.75 Å². The van der Waals surface area contributed by atoms with Crippen LogP contribution in [0.3, 0.4) is 0 Å². The smallest absolute Gasteiger partial charge is 0.313 e. The normalized spacial score (nSPS) is 13.6. The summed E-state index contributed by atoms with van der Waals surface area (Å²) in [5.74, 6) is -0.359. The highest BCUT2D eigenvalue weighted by atomic mass is 16.5. The van der Waals surface area contributed by atoms with Gasteiger partial charge in [0, 0.05) is 18.7 Å². The van der Waals surface area contributed by atoms with Gasteiger partial charge in [-0.3, -0.25) is 9.59 Å². The second kappa shape index (κ2) is 8.89. The van der Waals surface area contributed by atoms with Gasteiger partial charge in [0.15, 0.2) is 0 Å². The Kier molecular flexibility index (Phi) is 6.31. The zero-order valence-corrected chi connectivity index (χ0v) is 16.6. The minimum atomic E-state index is -0.652. The average Bonchev–Trinajstić information content (AvgIpc) is 3.16. The van der Waals surface area contributed by atoms with E-state index in [1.54, 1.807) is 6.07 Å². The SMILES string of the molecule is CCc1ccccc1NC(=O)C(=O)NCC(c1ccc2c(c1)CCO2)N(C)C. The fourth-order valence-corrected chi connectivity index (χ4v) is 3.41. The molecule has 1 aliphatic heterocycles. The maximum absolute atomic E-state index is 12.3. The molecule has 0 aromatic heterocycles. The van der Waals surface area contributed by atoms with Crippen LogP contribution in [0, 0.1) is 0 Å². The van der Waals surface area contributed by atoms with Crippen LogP contribution in [0.5, 0.6) is 5.75 Å². The highest BCUT2D eigenvalue weighted by molar-refractivity contribution is 6.39. The van der Waals surface area contributed by atoms with Crippen LogP contribution in [0.1, 0.15) is 29.7 Å². The van der Waals surface area contributed by atoms with Crippen LogP contribution < -0.4 is 15.4 Å². The average molecular weight is 381 g/mol. The lowest BCUT2D eigenvalue weighted by Gasteiger charge is -2.25. The molecule has 28 heavy (non-hydrogen) atoms. The van der Waals surface area contributed by atoms with Crippen LogP contribution in [-0.2, 0) is 22.4 Å². The standard InChI is InChI=1S/C22H27N3O3/c1-4-15-7-5-6-8-18(15)24-22(27)21(26)23-14-19(25(2)3)16-9-10-20-17(13-16)11-12-28-20/h5-10,13,19H,4,11-12,14H2,1-3H3,(H,23,26)(H,24,27). The van der Waals surface area contributed by atoms with E-state index >= 15 is 0 Å². The topological polar surface area (TPSA) is 70.7 Å². The monoisotopic (exact) mass is 381 g/mol. The van der Waals surface area contributed by atoms with Gasteiger partial charge >= 0.3 is 11.8 Å². The van der Waals surface area contributed by atoms with E-state index in [9.17, 15) is 9.59 Å². The van der Waals surface area contributed by atoms with Gasteiger partial charge in [0.2, 0.25) is 0 Å². The number of anilines is 1. The number of hydrogen-bond acceptors (Lipinski definition) is 4. The second-order valence-corrected chi connectivity index (χ2v) is 7.12. The quantitative estimate of drug-likeness (QED) is 0.755. The second-order valence-electron chi connectivity index (χ2n) is 7.12. The van der Waals surface area contributed by atoms with E-state index in [0.717, 1.165) is 29.7 Å². The third-order valence-electron chi connectivity index (χ3n) is 5.03. The molecule has 2 N–H and O–H groups in total. The van der Waals surface area contributed by atoms with E-state index in [4.69, 9.17) is 4.74 Å². The zero-order valence-electron chi connectivity index (χ0n) is 16.6. The van der Waals surface area contributed by atoms with E-state index < -0.39 is 11.8 Å². The molecular weight excluding hydrogens is 354 g/mol. The lowest BCUT2D eigenvalue weighted by Crippen LogP contribution is -2.40. The summed E-state index contributed by atoms with van der Waals surface area (Å²) in [5, 5.41) is 5.47. The first-order valence-corrected chi connectivity index (χ1v) is 9.58. The molecule has 1 heterocycles. The number of ether oxygens (including phenoxy) is 1. The van der Waals surface area contributed by atoms with Crippen molar-refractivity contribution < 1.29 is 14.3 Å². The Bertz CT molecular complexity index is 864. The summed E-state index contributed by atoms with van der Waals surface area (Å²) < 4.78 is 5.56. The molecule has 1 atom stereocenters. The molecule has 6 heteroatoms. The fourth-order valence-electron chi connectivity index (χ4n) is 3.41. The number of benzene rings is 2. The van der Waals surface area contributed by atoms with Crippen molar-refractivity contribution in [3.05, 3.63) is 59.2 Å². The first-order chi connectivity index (χ1) is 13.5. The van der Waals surface area contributed by atoms with E-state index in [0.29, 0.717) is 18.8 Å². The Morgan fingerprint density at radius 3 is 2.68 bits per heavy atom. The number of carbonyl (C=O) groups is 2. The summed E-state index contributed by atoms with van der Waals surface area (Å²) in [5.41, 5.74) is 3.94. The summed E-state index contributed by atoms with van der Waals surface area (Å²) in [7, 11) is 3.91. The fraction of sp³-hybridized carbons (Fsp3) is 0.364. The Hall–Kier alpha value is -2.86. The third kappa shape index (κ3) is 4.51. The molecule has 0 aliphatic carbocycles. The van der Waals surface area contributed by atoms with Gasteiger partial charge < -0.3 is 20.3 Å². The summed E-state index contributed by atoms with van der Waals surface area (Å²) in [6, 6.07) is 13.6. The number of aryl methyl sites for hydroxylation is 1. The molecule has 0 radical (unpaired) electrons. The molecule has 0 saturated carbocycles. The van der Waals surface area contributed by atoms with Gasteiger partial charge in [-0.25, -0.2) is 0 Å². The lowest BCUT2D eigenvalue weighted by atomic mass is 10.0. The number of carbonyl (C=O) groups excluding carboxylic acids is 2. The largest absolute Gasteiger partial charge is 0.493 e. The van der Waals surface area contributed by atoms with Crippen molar-refractivity contribution in [3.63, 3.8) is 0 Å². The lowest BCUT2D eigenvalue weighted by molar-refractivity contribution is -0.136. The van der Waals surface area contributed by atoms with E-state index in [-0.39, 0.29) is 6.04 Å². The van der Waals surface area contributed by atoms with Crippen LogP contribution in [-0.4, -0.2) is 44.0 Å². The number of para-hydroxylation sites is 1. The number of nitrogens with one attached hydrogen (secondary N) is 2. The van der Waals surface area contributed by atoms with Gasteiger partial charge in [-0.15, -0.1) is 0 Å². The molecule has 2 aromatic rings. The number of fused-ring (bicyclic) bond motifs is 1. The van der Waals surface area contributed by atoms with Crippen molar-refractivity contribution in [1.82, 2.24) is 10.2 Å². The summed E-state index contributed by atoms with van der Waals surface area (Å²) >= 11 is 0. The molecule has 1 aliphatic rings. The number of likely N-dealkylation sites (N-methyl/N-ethyl adjacent to an activating group) is 1. The minimum absolute atomic E-state index is 0.0365. The van der Waals surface area contributed by atoms with Crippen molar-refractivity contribution in [1.29, 1.82) is 0 Å². The van der Waals surface area contributed by atoms with Gasteiger partial charge in [-0.2, -0.15) is 0 Å². The van der Waals surface area contributed by atoms with Crippen molar-refractivity contribution in [2.75, 3.05) is 32.6 Å². The molecule has 0 bridgehead atoms. The van der Waals surface area contributed by atoms with Gasteiger partial charge in [0.05, 0.1) is 12.6 Å². The molecule has 0 spiro atoms. The Morgan fingerprint density at radius 2 is 1.93 bits per heavy atom. The molecule has 2 aromatic carbocycles. The Balaban J connectivity index is 1.63. The first kappa shape index (κ1) is 19.9. The number of amides is 2. The van der Waals surface area contributed by atoms with Crippen LogP contribution >= 0.6 is 0 Å². The van der Waals surface area contributed by atoms with E-state index in [2.05, 4.69) is 16.7 Å². The van der Waals surface area contributed by atoms with Crippen molar-refractivity contribution in [2.45, 2.75) is 25.8 Å². The molecule has 0 saturated heterocycles. The Labute approximate surface area is 165 Å². The predicted molar refractivity (Wildman–Crippen MR) is 110 cm³/mol. The summed E-state index contributed by atoms with van der Waals surface area (Å²) in [6.07, 6.45) is 1.68. The van der Waals surface area contributed by atoms with Crippen molar-refractivity contribution >= 4 is 17.5 Å². The number of nitrogens with zero attached hydrogens (tertiary/aromatic N) is 1. The molecule has 3 rings (SSSR count). The van der Waals surface area contributed by atoms with Crippen LogP contribution in [0.15, 0.2) is 42.5 Å². The van der Waals surface area contributed by atoms with E-state index in [1.807, 2.05) is 56.3 Å². The highest BCUT2D eigenvalue weighted by Crippen LogP contribution is 2.29. The van der Waals surface area contributed by atoms with Crippen molar-refractivity contribution in [3.8, 4) is 5.75 Å². The number of rotatable bonds is 6. The molecule has 148 valence electrons. The highest BCUT2D eigenvalue weighted by Gasteiger charge is 2.21. The van der Waals surface area contributed by atoms with Crippen molar-refractivity contribution in [2.24, 2.45) is 0 Å². The van der Waals surface area contributed by atoms with Gasteiger partial charge in [-0.1, -0.05) is 37.3 Å². The predicted octanol–water partition coefficient (Wildman–Crippen LogP) is 2.54. The maximum Gasteiger partial charge on any atom is 0.313 e. The first-order valence-electron chi connectivity index (χ1n) is 9.58. The zero-order chi connectivity index (χ0) is 20.1. The molecule has 1 unspecified atom stereocenters. The number of hydrogen-bond donors (Lipinski definition) is 2. The van der Waals surface area contributed by atoms with Gasteiger partial charge in [0.25, 0.3) is 0 Å². The van der Waals surface area contributed by atoms with Crippen LogP contribution in [0.4, 0.5) is 5.69 Å². The maximum atomic E-state index is 12.3. The van der Waals surface area contributed by atoms with Crippen LogP contribution in [0.25, 0.3) is 0 Å². The summed E-state index contributed by atoms with van der Waals surface area (Å²) in [4.78, 5) is 26.7. The molecule has 0 fully saturated rings.